The summed E-state index contributed by atoms with van der Waals surface area (Å²) in [5.74, 6) is 0.863. The van der Waals surface area contributed by atoms with E-state index in [1.165, 1.54) is 25.7 Å². The number of nitrogens with two attached hydrogens (primary N) is 1. The van der Waals surface area contributed by atoms with Crippen molar-refractivity contribution in [2.24, 2.45) is 11.7 Å². The second-order valence-electron chi connectivity index (χ2n) is 6.38. The number of hydrogen-bond acceptors (Lipinski definition) is 3. The number of ether oxygens (including phenoxy) is 1. The third-order valence-electron chi connectivity index (χ3n) is 4.70. The lowest BCUT2D eigenvalue weighted by Crippen LogP contribution is -2.41. The van der Waals surface area contributed by atoms with Crippen molar-refractivity contribution in [2.45, 2.75) is 75.9 Å². The Morgan fingerprint density at radius 2 is 1.94 bits per heavy atom. The van der Waals surface area contributed by atoms with Crippen LogP contribution in [0.25, 0.3) is 0 Å². The SMILES string of the molecule is NC1CCCC(O)(CCCCC2CCOCC2)C1. The predicted molar refractivity (Wildman–Crippen MR) is 73.4 cm³/mol. The lowest BCUT2D eigenvalue weighted by molar-refractivity contribution is -0.0126. The highest BCUT2D eigenvalue weighted by molar-refractivity contribution is 4.87. The van der Waals surface area contributed by atoms with Crippen molar-refractivity contribution in [3.05, 3.63) is 0 Å². The summed E-state index contributed by atoms with van der Waals surface area (Å²) < 4.78 is 5.38. The quantitative estimate of drug-likeness (QED) is 0.742. The van der Waals surface area contributed by atoms with Gasteiger partial charge in [-0.05, 0) is 50.9 Å². The Hall–Kier alpha value is -0.120. The van der Waals surface area contributed by atoms with E-state index in [0.717, 1.165) is 57.7 Å². The van der Waals surface area contributed by atoms with Crippen molar-refractivity contribution in [1.29, 1.82) is 0 Å². The second kappa shape index (κ2) is 6.88. The molecule has 0 bridgehead atoms. The lowest BCUT2D eigenvalue weighted by Gasteiger charge is -2.35. The summed E-state index contributed by atoms with van der Waals surface area (Å²) >= 11 is 0. The minimum atomic E-state index is -0.451. The first-order chi connectivity index (χ1) is 8.68. The van der Waals surface area contributed by atoms with Crippen molar-refractivity contribution >= 4 is 0 Å². The molecule has 0 aromatic rings. The highest BCUT2D eigenvalue weighted by Gasteiger charge is 2.32. The summed E-state index contributed by atoms with van der Waals surface area (Å²) in [7, 11) is 0. The second-order valence-corrected chi connectivity index (χ2v) is 6.38. The molecule has 0 aromatic heterocycles. The zero-order valence-electron chi connectivity index (χ0n) is 11.6. The number of aliphatic hydroxyl groups is 1. The summed E-state index contributed by atoms with van der Waals surface area (Å²) in [5, 5.41) is 10.5. The first-order valence-corrected chi connectivity index (χ1v) is 7.74. The molecule has 0 radical (unpaired) electrons. The maximum Gasteiger partial charge on any atom is 0.0662 e. The molecule has 1 aliphatic carbocycles. The zero-order chi connectivity index (χ0) is 12.8. The summed E-state index contributed by atoms with van der Waals surface area (Å²) in [5.41, 5.74) is 5.51. The Balaban J connectivity index is 1.59. The van der Waals surface area contributed by atoms with Gasteiger partial charge in [-0.3, -0.25) is 0 Å². The molecule has 3 N–H and O–H groups in total. The van der Waals surface area contributed by atoms with Crippen LogP contribution >= 0.6 is 0 Å². The molecular weight excluding hydrogens is 226 g/mol. The zero-order valence-corrected chi connectivity index (χ0v) is 11.6. The van der Waals surface area contributed by atoms with E-state index in [4.69, 9.17) is 10.5 Å². The van der Waals surface area contributed by atoms with Gasteiger partial charge < -0.3 is 15.6 Å². The highest BCUT2D eigenvalue weighted by Crippen LogP contribution is 2.32. The molecule has 0 spiro atoms. The van der Waals surface area contributed by atoms with Gasteiger partial charge in [-0.15, -0.1) is 0 Å². The van der Waals surface area contributed by atoms with Crippen LogP contribution in [-0.2, 0) is 4.74 Å². The van der Waals surface area contributed by atoms with E-state index in [-0.39, 0.29) is 6.04 Å². The number of rotatable bonds is 5. The molecule has 2 fully saturated rings. The van der Waals surface area contributed by atoms with E-state index in [0.29, 0.717) is 0 Å². The summed E-state index contributed by atoms with van der Waals surface area (Å²) in [6.07, 6.45) is 11.1. The Morgan fingerprint density at radius 3 is 2.67 bits per heavy atom. The van der Waals surface area contributed by atoms with Crippen molar-refractivity contribution < 1.29 is 9.84 Å². The van der Waals surface area contributed by atoms with E-state index in [1.807, 2.05) is 0 Å². The molecule has 2 rings (SSSR count). The predicted octanol–water partition coefficient (Wildman–Crippen LogP) is 2.61. The molecule has 1 heterocycles. The van der Waals surface area contributed by atoms with Gasteiger partial charge in [-0.25, -0.2) is 0 Å². The van der Waals surface area contributed by atoms with Crippen molar-refractivity contribution in [2.75, 3.05) is 13.2 Å². The molecule has 106 valence electrons. The van der Waals surface area contributed by atoms with Gasteiger partial charge in [0.05, 0.1) is 5.60 Å². The fraction of sp³-hybridized carbons (Fsp3) is 1.00. The van der Waals surface area contributed by atoms with Gasteiger partial charge in [0.25, 0.3) is 0 Å². The highest BCUT2D eigenvalue weighted by atomic mass is 16.5. The average molecular weight is 255 g/mol. The molecule has 1 saturated heterocycles. The van der Waals surface area contributed by atoms with Crippen LogP contribution in [0.4, 0.5) is 0 Å². The first kappa shape index (κ1) is 14.3. The van der Waals surface area contributed by atoms with Crippen LogP contribution in [0.3, 0.4) is 0 Å². The van der Waals surface area contributed by atoms with E-state index in [2.05, 4.69) is 0 Å². The van der Waals surface area contributed by atoms with E-state index in [9.17, 15) is 5.11 Å². The smallest absolute Gasteiger partial charge is 0.0662 e. The number of unbranched alkanes of at least 4 members (excludes halogenated alkanes) is 1. The van der Waals surface area contributed by atoms with Crippen LogP contribution in [0.2, 0.25) is 0 Å². The maximum absolute atomic E-state index is 10.5. The topological polar surface area (TPSA) is 55.5 Å². The van der Waals surface area contributed by atoms with E-state index >= 15 is 0 Å². The molecule has 1 saturated carbocycles. The van der Waals surface area contributed by atoms with Crippen LogP contribution < -0.4 is 5.73 Å². The van der Waals surface area contributed by atoms with Crippen LogP contribution in [0.1, 0.15) is 64.2 Å². The molecular formula is C15H29NO2. The summed E-state index contributed by atoms with van der Waals surface area (Å²) in [6.45, 7) is 1.90. The Kier molecular flexibility index (Phi) is 5.46. The molecule has 0 amide bonds. The molecule has 3 nitrogen and oxygen atoms in total. The lowest BCUT2D eigenvalue weighted by atomic mass is 9.78. The average Bonchev–Trinajstić information content (AvgIpc) is 2.36. The summed E-state index contributed by atoms with van der Waals surface area (Å²) in [4.78, 5) is 0. The Bertz CT molecular complexity index is 241. The fourth-order valence-corrected chi connectivity index (χ4v) is 3.53. The van der Waals surface area contributed by atoms with Gasteiger partial charge in [0.2, 0.25) is 0 Å². The van der Waals surface area contributed by atoms with Gasteiger partial charge >= 0.3 is 0 Å². The van der Waals surface area contributed by atoms with Gasteiger partial charge in [0.15, 0.2) is 0 Å². The fourth-order valence-electron chi connectivity index (χ4n) is 3.53. The largest absolute Gasteiger partial charge is 0.390 e. The van der Waals surface area contributed by atoms with Crippen LogP contribution in [-0.4, -0.2) is 30.0 Å². The first-order valence-electron chi connectivity index (χ1n) is 7.74. The standard InChI is InChI=1S/C15H29NO2/c16-14-5-3-9-15(17,12-14)8-2-1-4-13-6-10-18-11-7-13/h13-14,17H,1-12,16H2. The third-order valence-corrected chi connectivity index (χ3v) is 4.70. The normalized spacial score (nSPS) is 34.7. The molecule has 2 unspecified atom stereocenters. The van der Waals surface area contributed by atoms with Crippen molar-refractivity contribution in [3.8, 4) is 0 Å². The Labute approximate surface area is 111 Å². The van der Waals surface area contributed by atoms with E-state index in [1.54, 1.807) is 0 Å². The van der Waals surface area contributed by atoms with Crippen molar-refractivity contribution in [1.82, 2.24) is 0 Å². The minimum absolute atomic E-state index is 0.222. The van der Waals surface area contributed by atoms with E-state index < -0.39 is 5.60 Å². The molecule has 18 heavy (non-hydrogen) atoms. The van der Waals surface area contributed by atoms with Gasteiger partial charge in [0.1, 0.15) is 0 Å². The molecule has 2 atom stereocenters. The molecule has 2 aliphatic rings. The van der Waals surface area contributed by atoms with Gasteiger partial charge in [-0.2, -0.15) is 0 Å². The third kappa shape index (κ3) is 4.52. The van der Waals surface area contributed by atoms with Crippen LogP contribution in [0, 0.1) is 5.92 Å². The van der Waals surface area contributed by atoms with Crippen LogP contribution in [0.15, 0.2) is 0 Å². The van der Waals surface area contributed by atoms with Gasteiger partial charge in [0, 0.05) is 19.3 Å². The minimum Gasteiger partial charge on any atom is -0.390 e. The molecule has 1 aliphatic heterocycles. The Morgan fingerprint density at radius 1 is 1.17 bits per heavy atom. The monoisotopic (exact) mass is 255 g/mol. The molecule has 3 heteroatoms. The maximum atomic E-state index is 10.5. The van der Waals surface area contributed by atoms with Crippen LogP contribution in [0.5, 0.6) is 0 Å². The van der Waals surface area contributed by atoms with Crippen molar-refractivity contribution in [3.63, 3.8) is 0 Å². The van der Waals surface area contributed by atoms with Gasteiger partial charge in [-0.1, -0.05) is 19.3 Å². The summed E-state index contributed by atoms with van der Waals surface area (Å²) in [6, 6.07) is 0.222. The number of hydrogen-bond donors (Lipinski definition) is 2. The molecule has 0 aromatic carbocycles.